The molecule has 0 spiro atoms. The van der Waals surface area contributed by atoms with Crippen molar-refractivity contribution in [2.75, 3.05) is 0 Å². The number of benzene rings is 1. The zero-order valence-electron chi connectivity index (χ0n) is 12.9. The zero-order valence-corrected chi connectivity index (χ0v) is 13.6. The Morgan fingerprint density at radius 3 is 2.52 bits per heavy atom. The molecule has 0 fully saturated rings. The minimum absolute atomic E-state index is 0.133. The Hall–Kier alpha value is -1.58. The highest BCUT2D eigenvalue weighted by atomic mass is 35.5. The molecule has 0 saturated heterocycles. The number of aromatic nitrogens is 1. The van der Waals surface area contributed by atoms with E-state index in [1.807, 2.05) is 38.1 Å². The summed E-state index contributed by atoms with van der Waals surface area (Å²) in [6, 6.07) is 7.58. The van der Waals surface area contributed by atoms with Crippen LogP contribution in [0.4, 0.5) is 0 Å². The van der Waals surface area contributed by atoms with Crippen LogP contribution in [0.2, 0.25) is 5.02 Å². The maximum absolute atomic E-state index is 6.29. The Balaban J connectivity index is 2.43. The monoisotopic (exact) mass is 304 g/mol. The molecule has 0 saturated carbocycles. The van der Waals surface area contributed by atoms with Gasteiger partial charge in [0.1, 0.15) is 5.75 Å². The molecule has 2 rings (SSSR count). The normalized spacial score (nSPS) is 12.5. The molecule has 21 heavy (non-hydrogen) atoms. The molecule has 4 heteroatoms. The lowest BCUT2D eigenvalue weighted by Gasteiger charge is -2.16. The van der Waals surface area contributed by atoms with Crippen molar-refractivity contribution >= 4 is 11.6 Å². The largest absolute Gasteiger partial charge is 0.438 e. The highest BCUT2D eigenvalue weighted by molar-refractivity contribution is 6.31. The Kier molecular flexibility index (Phi) is 4.86. The van der Waals surface area contributed by atoms with Gasteiger partial charge in [-0.1, -0.05) is 31.5 Å². The molecule has 0 aliphatic heterocycles. The van der Waals surface area contributed by atoms with E-state index in [1.165, 1.54) is 0 Å². The van der Waals surface area contributed by atoms with Crippen molar-refractivity contribution in [2.45, 2.75) is 39.7 Å². The lowest BCUT2D eigenvalue weighted by Crippen LogP contribution is -2.07. The molecule has 0 radical (unpaired) electrons. The van der Waals surface area contributed by atoms with Crippen molar-refractivity contribution < 1.29 is 4.74 Å². The Morgan fingerprint density at radius 2 is 1.90 bits per heavy atom. The molecule has 1 heterocycles. The van der Waals surface area contributed by atoms with Crippen molar-refractivity contribution in [3.63, 3.8) is 0 Å². The van der Waals surface area contributed by atoms with Gasteiger partial charge in [0, 0.05) is 22.8 Å². The number of pyridine rings is 1. The number of halogens is 1. The summed E-state index contributed by atoms with van der Waals surface area (Å²) < 4.78 is 6.00. The Morgan fingerprint density at radius 1 is 1.19 bits per heavy atom. The highest BCUT2D eigenvalue weighted by Gasteiger charge is 2.14. The minimum Gasteiger partial charge on any atom is -0.438 e. The van der Waals surface area contributed by atoms with Crippen molar-refractivity contribution in [1.82, 2.24) is 4.98 Å². The first-order valence-electron chi connectivity index (χ1n) is 7.08. The van der Waals surface area contributed by atoms with E-state index in [1.54, 1.807) is 6.20 Å². The van der Waals surface area contributed by atoms with Gasteiger partial charge in [0.2, 0.25) is 5.88 Å². The maximum Gasteiger partial charge on any atom is 0.223 e. The van der Waals surface area contributed by atoms with Gasteiger partial charge in [-0.3, -0.25) is 0 Å². The smallest absolute Gasteiger partial charge is 0.223 e. The van der Waals surface area contributed by atoms with Gasteiger partial charge in [0.25, 0.3) is 0 Å². The number of hydrogen-bond donors (Lipinski definition) is 1. The molecule has 2 N–H and O–H groups in total. The lowest BCUT2D eigenvalue weighted by atomic mass is 10.0. The van der Waals surface area contributed by atoms with E-state index in [9.17, 15) is 0 Å². The van der Waals surface area contributed by atoms with Crippen LogP contribution < -0.4 is 10.5 Å². The van der Waals surface area contributed by atoms with Crippen molar-refractivity contribution in [1.29, 1.82) is 0 Å². The molecule has 3 nitrogen and oxygen atoms in total. The van der Waals surface area contributed by atoms with Crippen LogP contribution in [-0.2, 0) is 0 Å². The Bertz CT molecular complexity index is 639. The van der Waals surface area contributed by atoms with Crippen LogP contribution in [0, 0.1) is 6.92 Å². The number of rotatable bonds is 4. The topological polar surface area (TPSA) is 48.1 Å². The second-order valence-corrected chi connectivity index (χ2v) is 5.99. The molecule has 0 aliphatic rings. The molecule has 0 bridgehead atoms. The van der Waals surface area contributed by atoms with Crippen LogP contribution in [0.25, 0.3) is 0 Å². The van der Waals surface area contributed by atoms with Crippen LogP contribution in [-0.4, -0.2) is 4.98 Å². The third kappa shape index (κ3) is 3.55. The fourth-order valence-corrected chi connectivity index (χ4v) is 2.60. The minimum atomic E-state index is -0.133. The van der Waals surface area contributed by atoms with E-state index in [2.05, 4.69) is 18.8 Å². The maximum atomic E-state index is 6.29. The molecule has 112 valence electrons. The van der Waals surface area contributed by atoms with E-state index in [4.69, 9.17) is 22.1 Å². The first-order chi connectivity index (χ1) is 9.90. The second-order valence-electron chi connectivity index (χ2n) is 5.58. The van der Waals surface area contributed by atoms with Gasteiger partial charge < -0.3 is 10.5 Å². The third-order valence-corrected chi connectivity index (χ3v) is 3.74. The van der Waals surface area contributed by atoms with Crippen LogP contribution >= 0.6 is 11.6 Å². The molecule has 1 aromatic heterocycles. The molecule has 1 atom stereocenters. The predicted octanol–water partition coefficient (Wildman–Crippen LogP) is 4.98. The van der Waals surface area contributed by atoms with Crippen molar-refractivity contribution in [3.05, 3.63) is 52.2 Å². The number of aryl methyl sites for hydroxylation is 1. The predicted molar refractivity (Wildman–Crippen MR) is 87.2 cm³/mol. The fraction of sp³-hybridized carbons (Fsp3) is 0.353. The van der Waals surface area contributed by atoms with Gasteiger partial charge >= 0.3 is 0 Å². The number of ether oxygens (including phenoxy) is 1. The van der Waals surface area contributed by atoms with E-state index in [0.717, 1.165) is 27.5 Å². The summed E-state index contributed by atoms with van der Waals surface area (Å²) >= 11 is 6.29. The van der Waals surface area contributed by atoms with E-state index >= 15 is 0 Å². The summed E-state index contributed by atoms with van der Waals surface area (Å²) in [5.74, 6) is 1.65. The van der Waals surface area contributed by atoms with Gasteiger partial charge in [-0.25, -0.2) is 4.98 Å². The first-order valence-corrected chi connectivity index (χ1v) is 7.46. The summed E-state index contributed by atoms with van der Waals surface area (Å²) in [5, 5.41) is 0.767. The quantitative estimate of drug-likeness (QED) is 0.866. The van der Waals surface area contributed by atoms with Gasteiger partial charge in [0.15, 0.2) is 0 Å². The molecular weight excluding hydrogens is 284 g/mol. The summed E-state index contributed by atoms with van der Waals surface area (Å²) in [4.78, 5) is 4.30. The lowest BCUT2D eigenvalue weighted by molar-refractivity contribution is 0.448. The summed E-state index contributed by atoms with van der Waals surface area (Å²) in [5.41, 5.74) is 8.90. The molecule has 0 amide bonds. The van der Waals surface area contributed by atoms with Gasteiger partial charge in [-0.2, -0.15) is 0 Å². The van der Waals surface area contributed by atoms with Crippen LogP contribution in [0.1, 0.15) is 49.4 Å². The van der Waals surface area contributed by atoms with Gasteiger partial charge in [-0.05, 0) is 49.1 Å². The van der Waals surface area contributed by atoms with E-state index in [-0.39, 0.29) is 6.04 Å². The van der Waals surface area contributed by atoms with Gasteiger partial charge in [0.05, 0.1) is 0 Å². The van der Waals surface area contributed by atoms with Crippen LogP contribution in [0.3, 0.4) is 0 Å². The Labute approximate surface area is 131 Å². The SMILES string of the molecule is Cc1cc(Cl)c(C(C)C)cc1Oc1ncccc1[C@@H](C)N. The van der Waals surface area contributed by atoms with Gasteiger partial charge in [-0.15, -0.1) is 0 Å². The molecule has 2 aromatic rings. The standard InChI is InChI=1S/C17H21ClN2O/c1-10(2)14-9-16(11(3)8-15(14)18)21-17-13(12(4)19)6-5-7-20-17/h5-10,12H,19H2,1-4H3/t12-/m1/s1. The second kappa shape index (κ2) is 6.46. The average Bonchev–Trinajstić information content (AvgIpc) is 2.41. The first kappa shape index (κ1) is 15.8. The molecule has 0 unspecified atom stereocenters. The van der Waals surface area contributed by atoms with Crippen molar-refractivity contribution in [2.24, 2.45) is 5.73 Å². The third-order valence-electron chi connectivity index (χ3n) is 3.41. The van der Waals surface area contributed by atoms with Crippen LogP contribution in [0.15, 0.2) is 30.5 Å². The molecular formula is C17H21ClN2O. The molecule has 1 aromatic carbocycles. The summed E-state index contributed by atoms with van der Waals surface area (Å²) in [6.07, 6.45) is 1.70. The van der Waals surface area contributed by atoms with E-state index in [0.29, 0.717) is 11.8 Å². The highest BCUT2D eigenvalue weighted by Crippen LogP contribution is 2.34. The fourth-order valence-electron chi connectivity index (χ4n) is 2.16. The number of hydrogen-bond acceptors (Lipinski definition) is 3. The summed E-state index contributed by atoms with van der Waals surface area (Å²) in [7, 11) is 0. The molecule has 0 aliphatic carbocycles. The zero-order chi connectivity index (χ0) is 15.6. The van der Waals surface area contributed by atoms with Crippen LogP contribution in [0.5, 0.6) is 11.6 Å². The number of nitrogens with zero attached hydrogens (tertiary/aromatic N) is 1. The van der Waals surface area contributed by atoms with E-state index < -0.39 is 0 Å². The number of nitrogens with two attached hydrogens (primary N) is 1. The average molecular weight is 305 g/mol. The van der Waals surface area contributed by atoms with Crippen molar-refractivity contribution in [3.8, 4) is 11.6 Å². The summed E-state index contributed by atoms with van der Waals surface area (Å²) in [6.45, 7) is 8.10.